The molecule has 0 aliphatic carbocycles. The number of hydrogen-bond donors (Lipinski definition) is 1. The molecule has 0 amide bonds. The van der Waals surface area contributed by atoms with Crippen LogP contribution in [0.25, 0.3) is 0 Å². The van der Waals surface area contributed by atoms with Gasteiger partial charge in [-0.1, -0.05) is 11.6 Å². The topological polar surface area (TPSA) is 12.0 Å². The molecule has 1 saturated heterocycles. The third-order valence-corrected chi connectivity index (χ3v) is 3.56. The molecule has 0 spiro atoms. The van der Waals surface area contributed by atoms with Crippen molar-refractivity contribution < 1.29 is 0 Å². The third kappa shape index (κ3) is 2.55. The Bertz CT molecular complexity index is 267. The van der Waals surface area contributed by atoms with E-state index in [2.05, 4.69) is 5.32 Å². The van der Waals surface area contributed by atoms with E-state index in [1.165, 1.54) is 23.6 Å². The van der Waals surface area contributed by atoms with Gasteiger partial charge in [-0.2, -0.15) is 11.8 Å². The van der Waals surface area contributed by atoms with E-state index >= 15 is 0 Å². The fraction of sp³-hybridized carbons (Fsp3) is 0.400. The second-order valence-corrected chi connectivity index (χ2v) is 4.80. The van der Waals surface area contributed by atoms with Crippen molar-refractivity contribution in [3.63, 3.8) is 0 Å². The number of halogens is 1. The number of rotatable bonds is 2. The Labute approximate surface area is 87.9 Å². The molecule has 1 heterocycles. The summed E-state index contributed by atoms with van der Waals surface area (Å²) in [4.78, 5) is 0. The first-order valence-corrected chi connectivity index (χ1v) is 5.98. The highest BCUT2D eigenvalue weighted by Gasteiger charge is 2.14. The summed E-state index contributed by atoms with van der Waals surface area (Å²) < 4.78 is 0. The quantitative estimate of drug-likeness (QED) is 0.810. The summed E-state index contributed by atoms with van der Waals surface area (Å²) in [6.45, 7) is 0. The average molecular weight is 214 g/mol. The van der Waals surface area contributed by atoms with Crippen LogP contribution in [0.4, 0.5) is 5.69 Å². The smallest absolute Gasteiger partial charge is 0.0407 e. The Morgan fingerprint density at radius 1 is 1.31 bits per heavy atom. The number of nitrogens with one attached hydrogen (secondary N) is 1. The van der Waals surface area contributed by atoms with Crippen molar-refractivity contribution in [3.8, 4) is 0 Å². The first-order chi connectivity index (χ1) is 6.34. The predicted molar refractivity (Wildman–Crippen MR) is 60.8 cm³/mol. The van der Waals surface area contributed by atoms with E-state index in [1.54, 1.807) is 0 Å². The first-order valence-electron chi connectivity index (χ1n) is 4.44. The summed E-state index contributed by atoms with van der Waals surface area (Å²) in [6.07, 6.45) is 1.27. The molecule has 1 aromatic rings. The van der Waals surface area contributed by atoms with Crippen molar-refractivity contribution in [3.05, 3.63) is 29.3 Å². The van der Waals surface area contributed by atoms with E-state index in [0.29, 0.717) is 6.04 Å². The van der Waals surface area contributed by atoms with E-state index in [9.17, 15) is 0 Å². The zero-order chi connectivity index (χ0) is 9.10. The predicted octanol–water partition coefficient (Wildman–Crippen LogP) is 3.26. The molecule has 1 aromatic carbocycles. The Balaban J connectivity index is 1.97. The highest BCUT2D eigenvalue weighted by Crippen LogP contribution is 2.22. The lowest BCUT2D eigenvalue weighted by atomic mass is 10.2. The maximum absolute atomic E-state index is 5.80. The molecule has 0 aromatic heterocycles. The lowest BCUT2D eigenvalue weighted by Gasteiger charge is -2.12. The van der Waals surface area contributed by atoms with Gasteiger partial charge in [0.2, 0.25) is 0 Å². The molecule has 2 rings (SSSR count). The summed E-state index contributed by atoms with van der Waals surface area (Å²) in [6, 6.07) is 8.56. The second kappa shape index (κ2) is 4.25. The summed E-state index contributed by atoms with van der Waals surface area (Å²) in [5.74, 6) is 2.51. The largest absolute Gasteiger partial charge is 0.381 e. The van der Waals surface area contributed by atoms with Crippen LogP contribution in [0.2, 0.25) is 5.02 Å². The number of hydrogen-bond acceptors (Lipinski definition) is 2. The van der Waals surface area contributed by atoms with Gasteiger partial charge in [-0.25, -0.2) is 0 Å². The minimum atomic E-state index is 0.645. The SMILES string of the molecule is Clc1ccc(N[C@@H]2CCSC2)cc1. The molecule has 1 N–H and O–H groups in total. The van der Waals surface area contributed by atoms with Gasteiger partial charge in [0.15, 0.2) is 0 Å². The highest BCUT2D eigenvalue weighted by molar-refractivity contribution is 7.99. The molecule has 0 radical (unpaired) electrons. The summed E-state index contributed by atoms with van der Waals surface area (Å²) in [5.41, 5.74) is 1.18. The zero-order valence-electron chi connectivity index (χ0n) is 7.29. The molecular formula is C10H12ClNS. The van der Waals surface area contributed by atoms with Crippen LogP contribution < -0.4 is 5.32 Å². The minimum Gasteiger partial charge on any atom is -0.381 e. The van der Waals surface area contributed by atoms with Gasteiger partial charge in [-0.05, 0) is 36.4 Å². The fourth-order valence-electron chi connectivity index (χ4n) is 1.43. The molecule has 1 nitrogen and oxygen atoms in total. The fourth-order valence-corrected chi connectivity index (χ4v) is 2.71. The Kier molecular flexibility index (Phi) is 3.01. The normalized spacial score (nSPS) is 21.8. The van der Waals surface area contributed by atoms with Gasteiger partial charge < -0.3 is 5.32 Å². The number of anilines is 1. The van der Waals surface area contributed by atoms with Crippen molar-refractivity contribution in [1.29, 1.82) is 0 Å². The molecular weight excluding hydrogens is 202 g/mol. The Hall–Kier alpha value is -0.340. The monoisotopic (exact) mass is 213 g/mol. The second-order valence-electron chi connectivity index (χ2n) is 3.21. The van der Waals surface area contributed by atoms with Crippen molar-refractivity contribution in [2.24, 2.45) is 0 Å². The molecule has 1 aliphatic heterocycles. The summed E-state index contributed by atoms with van der Waals surface area (Å²) in [5, 5.41) is 4.29. The number of thioether (sulfide) groups is 1. The van der Waals surface area contributed by atoms with E-state index in [4.69, 9.17) is 11.6 Å². The maximum atomic E-state index is 5.80. The van der Waals surface area contributed by atoms with Crippen LogP contribution in [-0.4, -0.2) is 17.5 Å². The first kappa shape index (κ1) is 9.22. The minimum absolute atomic E-state index is 0.645. The van der Waals surface area contributed by atoms with Crippen LogP contribution in [0.5, 0.6) is 0 Å². The average Bonchev–Trinajstić information content (AvgIpc) is 2.62. The molecule has 1 fully saturated rings. The van der Waals surface area contributed by atoms with Gasteiger partial charge in [-0.15, -0.1) is 0 Å². The van der Waals surface area contributed by atoms with Gasteiger partial charge in [-0.3, -0.25) is 0 Å². The standard InChI is InChI=1S/C10H12ClNS/c11-8-1-3-9(4-2-8)12-10-5-6-13-7-10/h1-4,10,12H,5-7H2/t10-/m1/s1. The van der Waals surface area contributed by atoms with E-state index in [-0.39, 0.29) is 0 Å². The van der Waals surface area contributed by atoms with Gasteiger partial charge in [0.05, 0.1) is 0 Å². The molecule has 3 heteroatoms. The lowest BCUT2D eigenvalue weighted by molar-refractivity contribution is 0.813. The molecule has 1 aliphatic rings. The molecule has 70 valence electrons. The van der Waals surface area contributed by atoms with E-state index in [1.807, 2.05) is 36.0 Å². The molecule has 0 unspecified atom stereocenters. The van der Waals surface area contributed by atoms with Crippen LogP contribution in [0.1, 0.15) is 6.42 Å². The lowest BCUT2D eigenvalue weighted by Crippen LogP contribution is -2.17. The molecule has 0 bridgehead atoms. The highest BCUT2D eigenvalue weighted by atomic mass is 35.5. The van der Waals surface area contributed by atoms with Crippen LogP contribution in [0, 0.1) is 0 Å². The van der Waals surface area contributed by atoms with Crippen LogP contribution in [0.3, 0.4) is 0 Å². The Morgan fingerprint density at radius 2 is 2.08 bits per heavy atom. The van der Waals surface area contributed by atoms with Crippen LogP contribution in [0.15, 0.2) is 24.3 Å². The van der Waals surface area contributed by atoms with E-state index in [0.717, 1.165) is 5.02 Å². The van der Waals surface area contributed by atoms with Crippen molar-refractivity contribution >= 4 is 29.1 Å². The van der Waals surface area contributed by atoms with E-state index < -0.39 is 0 Å². The van der Waals surface area contributed by atoms with Gasteiger partial charge in [0, 0.05) is 22.5 Å². The van der Waals surface area contributed by atoms with Gasteiger partial charge in [0.1, 0.15) is 0 Å². The van der Waals surface area contributed by atoms with Gasteiger partial charge >= 0.3 is 0 Å². The molecule has 1 atom stereocenters. The summed E-state index contributed by atoms with van der Waals surface area (Å²) >= 11 is 7.81. The van der Waals surface area contributed by atoms with Crippen molar-refractivity contribution in [2.45, 2.75) is 12.5 Å². The summed E-state index contributed by atoms with van der Waals surface area (Å²) in [7, 11) is 0. The third-order valence-electron chi connectivity index (χ3n) is 2.14. The van der Waals surface area contributed by atoms with Crippen molar-refractivity contribution in [1.82, 2.24) is 0 Å². The Morgan fingerprint density at radius 3 is 2.69 bits per heavy atom. The molecule has 13 heavy (non-hydrogen) atoms. The maximum Gasteiger partial charge on any atom is 0.0407 e. The van der Waals surface area contributed by atoms with Crippen molar-refractivity contribution in [2.75, 3.05) is 16.8 Å². The van der Waals surface area contributed by atoms with Gasteiger partial charge in [0.25, 0.3) is 0 Å². The number of benzene rings is 1. The van der Waals surface area contributed by atoms with Crippen LogP contribution >= 0.6 is 23.4 Å². The molecule has 0 saturated carbocycles. The van der Waals surface area contributed by atoms with Crippen LogP contribution in [-0.2, 0) is 0 Å². The zero-order valence-corrected chi connectivity index (χ0v) is 8.87.